The van der Waals surface area contributed by atoms with Crippen LogP contribution in [0.15, 0.2) is 38.3 Å². The third-order valence-corrected chi connectivity index (χ3v) is 0.685. The standard InChI is InChI=1S/C5H10.C4H6O/c2*1-3-5-4-2/h3H,1,4-5H2,2H3;3-4H,1-2H2. The molecule has 0 aliphatic carbocycles. The van der Waals surface area contributed by atoms with Crippen LogP contribution in [-0.4, -0.2) is 0 Å². The highest BCUT2D eigenvalue weighted by Gasteiger charge is 1.61. The molecular formula is C9H16O. The minimum absolute atomic E-state index is 1.15. The van der Waals surface area contributed by atoms with Crippen LogP contribution < -0.4 is 0 Å². The summed E-state index contributed by atoms with van der Waals surface area (Å²) in [6, 6.07) is 0. The molecule has 0 aromatic heterocycles. The molecule has 0 fully saturated rings. The SMILES string of the molecule is C=CCCC.C=COC=C. The van der Waals surface area contributed by atoms with Crippen molar-refractivity contribution in [3.8, 4) is 0 Å². The summed E-state index contributed by atoms with van der Waals surface area (Å²) in [6.45, 7) is 12.2. The zero-order valence-corrected chi connectivity index (χ0v) is 6.68. The van der Waals surface area contributed by atoms with E-state index in [-0.39, 0.29) is 0 Å². The number of unbranched alkanes of at least 4 members (excludes halogenated alkanes) is 1. The molecule has 1 heteroatoms. The molecule has 0 bridgehead atoms. The Bertz CT molecular complexity index is 78.7. The first-order chi connectivity index (χ1) is 4.83. The summed E-state index contributed by atoms with van der Waals surface area (Å²) in [6.07, 6.45) is 6.93. The summed E-state index contributed by atoms with van der Waals surface area (Å²) >= 11 is 0. The summed E-state index contributed by atoms with van der Waals surface area (Å²) in [5, 5.41) is 0. The lowest BCUT2D eigenvalue weighted by Gasteiger charge is -1.76. The Morgan fingerprint density at radius 3 is 1.70 bits per heavy atom. The zero-order valence-electron chi connectivity index (χ0n) is 6.68. The maximum absolute atomic E-state index is 4.36. The van der Waals surface area contributed by atoms with Crippen LogP contribution in [0.4, 0.5) is 0 Å². The van der Waals surface area contributed by atoms with Crippen molar-refractivity contribution >= 4 is 0 Å². The van der Waals surface area contributed by atoms with Crippen LogP contribution in [-0.2, 0) is 4.74 Å². The monoisotopic (exact) mass is 140 g/mol. The van der Waals surface area contributed by atoms with Gasteiger partial charge in [-0.2, -0.15) is 0 Å². The predicted octanol–water partition coefficient (Wildman–Crippen LogP) is 3.26. The Balaban J connectivity index is 0. The van der Waals surface area contributed by atoms with Crippen molar-refractivity contribution in [3.63, 3.8) is 0 Å². The van der Waals surface area contributed by atoms with Crippen LogP contribution in [0.25, 0.3) is 0 Å². The van der Waals surface area contributed by atoms with Gasteiger partial charge in [-0.25, -0.2) is 0 Å². The van der Waals surface area contributed by atoms with E-state index in [9.17, 15) is 0 Å². The van der Waals surface area contributed by atoms with E-state index in [0.29, 0.717) is 0 Å². The number of hydrogen-bond acceptors (Lipinski definition) is 1. The van der Waals surface area contributed by atoms with Gasteiger partial charge in [0.1, 0.15) is 0 Å². The van der Waals surface area contributed by atoms with E-state index in [4.69, 9.17) is 0 Å². The molecule has 0 aliphatic heterocycles. The Morgan fingerprint density at radius 2 is 1.70 bits per heavy atom. The van der Waals surface area contributed by atoms with Gasteiger partial charge in [0.2, 0.25) is 0 Å². The van der Waals surface area contributed by atoms with Crippen molar-refractivity contribution in [1.29, 1.82) is 0 Å². The molecule has 0 unspecified atom stereocenters. The topological polar surface area (TPSA) is 9.23 Å². The molecule has 0 heterocycles. The van der Waals surface area contributed by atoms with Crippen molar-refractivity contribution in [2.24, 2.45) is 0 Å². The number of ether oxygens (including phenoxy) is 1. The lowest BCUT2D eigenvalue weighted by Crippen LogP contribution is -1.52. The lowest BCUT2D eigenvalue weighted by molar-refractivity contribution is 0.406. The molecule has 0 aromatic carbocycles. The minimum Gasteiger partial charge on any atom is -0.474 e. The highest BCUT2D eigenvalue weighted by atomic mass is 16.5. The third kappa shape index (κ3) is 27.9. The maximum Gasteiger partial charge on any atom is 0.0829 e. The van der Waals surface area contributed by atoms with Crippen LogP contribution >= 0.6 is 0 Å². The molecule has 0 aromatic rings. The first-order valence-electron chi connectivity index (χ1n) is 3.31. The smallest absolute Gasteiger partial charge is 0.0829 e. The van der Waals surface area contributed by atoms with E-state index >= 15 is 0 Å². The van der Waals surface area contributed by atoms with Crippen LogP contribution in [0.3, 0.4) is 0 Å². The first kappa shape index (κ1) is 11.8. The molecule has 0 atom stereocenters. The number of hydrogen-bond donors (Lipinski definition) is 0. The Morgan fingerprint density at radius 1 is 1.20 bits per heavy atom. The second-order valence-electron chi connectivity index (χ2n) is 1.55. The molecule has 0 amide bonds. The molecule has 0 rings (SSSR count). The van der Waals surface area contributed by atoms with E-state index in [2.05, 4.69) is 31.4 Å². The quantitative estimate of drug-likeness (QED) is 0.430. The molecule has 10 heavy (non-hydrogen) atoms. The van der Waals surface area contributed by atoms with Crippen molar-refractivity contribution < 1.29 is 4.74 Å². The van der Waals surface area contributed by atoms with Gasteiger partial charge in [0.15, 0.2) is 0 Å². The van der Waals surface area contributed by atoms with Gasteiger partial charge in [0.25, 0.3) is 0 Å². The van der Waals surface area contributed by atoms with E-state index in [1.54, 1.807) is 0 Å². The van der Waals surface area contributed by atoms with Crippen LogP contribution in [0.5, 0.6) is 0 Å². The fraction of sp³-hybridized carbons (Fsp3) is 0.333. The van der Waals surface area contributed by atoms with E-state index < -0.39 is 0 Å². The first-order valence-corrected chi connectivity index (χ1v) is 3.31. The molecule has 58 valence electrons. The minimum atomic E-state index is 1.15. The molecule has 0 N–H and O–H groups in total. The van der Waals surface area contributed by atoms with Crippen molar-refractivity contribution in [3.05, 3.63) is 38.3 Å². The number of allylic oxidation sites excluding steroid dienone is 1. The largest absolute Gasteiger partial charge is 0.474 e. The second-order valence-corrected chi connectivity index (χ2v) is 1.55. The zero-order chi connectivity index (χ0) is 8.24. The van der Waals surface area contributed by atoms with Gasteiger partial charge in [-0.15, -0.1) is 6.58 Å². The third-order valence-electron chi connectivity index (χ3n) is 0.685. The maximum atomic E-state index is 4.36. The van der Waals surface area contributed by atoms with E-state index in [1.165, 1.54) is 18.9 Å². The van der Waals surface area contributed by atoms with Crippen LogP contribution in [0.2, 0.25) is 0 Å². The average molecular weight is 140 g/mol. The van der Waals surface area contributed by atoms with Gasteiger partial charge in [-0.3, -0.25) is 0 Å². The summed E-state index contributed by atoms with van der Waals surface area (Å²) in [5.41, 5.74) is 0. The highest BCUT2D eigenvalue weighted by Crippen LogP contribution is 1.82. The van der Waals surface area contributed by atoms with Gasteiger partial charge in [0, 0.05) is 0 Å². The van der Waals surface area contributed by atoms with Crippen molar-refractivity contribution in [1.82, 2.24) is 0 Å². The highest BCUT2D eigenvalue weighted by molar-refractivity contribution is 4.63. The predicted molar refractivity (Wildman–Crippen MR) is 46.6 cm³/mol. The normalized spacial score (nSPS) is 6.50. The number of rotatable bonds is 4. The average Bonchev–Trinajstić information content (AvgIpc) is 1.93. The summed E-state index contributed by atoms with van der Waals surface area (Å²) < 4.78 is 4.36. The van der Waals surface area contributed by atoms with Gasteiger partial charge in [-0.1, -0.05) is 32.6 Å². The van der Waals surface area contributed by atoms with Gasteiger partial charge >= 0.3 is 0 Å². The summed E-state index contributed by atoms with van der Waals surface area (Å²) in [5.74, 6) is 0. The molecule has 0 saturated heterocycles. The van der Waals surface area contributed by atoms with Gasteiger partial charge in [0.05, 0.1) is 12.5 Å². The molecular weight excluding hydrogens is 124 g/mol. The fourth-order valence-corrected chi connectivity index (χ4v) is 0.272. The van der Waals surface area contributed by atoms with Gasteiger partial charge in [-0.05, 0) is 6.42 Å². The van der Waals surface area contributed by atoms with Crippen LogP contribution in [0.1, 0.15) is 19.8 Å². The molecule has 0 aliphatic rings. The lowest BCUT2D eigenvalue weighted by atomic mass is 10.3. The molecule has 0 spiro atoms. The Kier molecular flexibility index (Phi) is 18.5. The Labute approximate surface area is 63.7 Å². The van der Waals surface area contributed by atoms with E-state index in [1.807, 2.05) is 6.08 Å². The molecule has 0 radical (unpaired) electrons. The fourth-order valence-electron chi connectivity index (χ4n) is 0.272. The van der Waals surface area contributed by atoms with Crippen LogP contribution in [0, 0.1) is 0 Å². The summed E-state index contributed by atoms with van der Waals surface area (Å²) in [4.78, 5) is 0. The second kappa shape index (κ2) is 15.7. The summed E-state index contributed by atoms with van der Waals surface area (Å²) in [7, 11) is 0. The molecule has 1 nitrogen and oxygen atoms in total. The van der Waals surface area contributed by atoms with Crippen molar-refractivity contribution in [2.45, 2.75) is 19.8 Å². The van der Waals surface area contributed by atoms with Gasteiger partial charge < -0.3 is 4.74 Å². The van der Waals surface area contributed by atoms with E-state index in [0.717, 1.165) is 6.42 Å². The Hall–Kier alpha value is -0.980. The molecule has 0 saturated carbocycles. The van der Waals surface area contributed by atoms with Crippen molar-refractivity contribution in [2.75, 3.05) is 0 Å².